The van der Waals surface area contributed by atoms with E-state index in [4.69, 9.17) is 0 Å². The molecule has 18 heavy (non-hydrogen) atoms. The van der Waals surface area contributed by atoms with Gasteiger partial charge in [0.1, 0.15) is 0 Å². The molecule has 1 aromatic carbocycles. The molecule has 0 heterocycles. The lowest BCUT2D eigenvalue weighted by Crippen LogP contribution is -2.28. The van der Waals surface area contributed by atoms with Crippen LogP contribution < -0.4 is 10.6 Å². The van der Waals surface area contributed by atoms with Crippen LogP contribution in [0.5, 0.6) is 0 Å². The summed E-state index contributed by atoms with van der Waals surface area (Å²) in [5, 5.41) is 6.12. The van der Waals surface area contributed by atoms with Gasteiger partial charge in [0.05, 0.1) is 6.04 Å². The quantitative estimate of drug-likeness (QED) is 0.760. The van der Waals surface area contributed by atoms with E-state index in [1.54, 1.807) is 0 Å². The van der Waals surface area contributed by atoms with E-state index in [1.807, 2.05) is 31.3 Å². The molecule has 0 radical (unpaired) electrons. The van der Waals surface area contributed by atoms with Gasteiger partial charge in [0.15, 0.2) is 0 Å². The summed E-state index contributed by atoms with van der Waals surface area (Å²) in [4.78, 5) is 11.8. The summed E-state index contributed by atoms with van der Waals surface area (Å²) in [6.45, 7) is 2.96. The van der Waals surface area contributed by atoms with Crippen molar-refractivity contribution in [3.63, 3.8) is 0 Å². The summed E-state index contributed by atoms with van der Waals surface area (Å²) in [5.41, 5.74) is 1.16. The summed E-state index contributed by atoms with van der Waals surface area (Å²) in [7, 11) is 1.90. The summed E-state index contributed by atoms with van der Waals surface area (Å²) in [5.74, 6) is 0.125. The predicted octanol–water partition coefficient (Wildman–Crippen LogP) is 3.02. The maximum atomic E-state index is 11.8. The van der Waals surface area contributed by atoms with E-state index in [9.17, 15) is 4.79 Å². The van der Waals surface area contributed by atoms with Gasteiger partial charge >= 0.3 is 0 Å². The van der Waals surface area contributed by atoms with Gasteiger partial charge in [0, 0.05) is 10.9 Å². The number of benzene rings is 1. The van der Waals surface area contributed by atoms with Crippen molar-refractivity contribution in [3.05, 3.63) is 34.3 Å². The van der Waals surface area contributed by atoms with Crippen LogP contribution in [-0.4, -0.2) is 19.5 Å². The van der Waals surface area contributed by atoms with Gasteiger partial charge in [0.25, 0.3) is 0 Å². The van der Waals surface area contributed by atoms with Crippen LogP contribution in [-0.2, 0) is 4.79 Å². The van der Waals surface area contributed by atoms with Gasteiger partial charge in [-0.15, -0.1) is 0 Å². The number of halogens is 1. The Morgan fingerprint density at radius 1 is 1.33 bits per heavy atom. The molecule has 0 aromatic heterocycles. The fourth-order valence-electron chi connectivity index (χ4n) is 1.81. The van der Waals surface area contributed by atoms with Gasteiger partial charge in [-0.2, -0.15) is 0 Å². The molecule has 3 nitrogen and oxygen atoms in total. The Balaban J connectivity index is 2.51. The number of rotatable bonds is 7. The van der Waals surface area contributed by atoms with Crippen LogP contribution in [0.4, 0.5) is 0 Å². The Kier molecular flexibility index (Phi) is 6.98. The van der Waals surface area contributed by atoms with Gasteiger partial charge in [-0.05, 0) is 44.1 Å². The number of nitrogens with one attached hydrogen (secondary N) is 2. The molecule has 0 aliphatic carbocycles. The minimum absolute atomic E-state index is 0.111. The molecular weight excluding hydrogens is 292 g/mol. The van der Waals surface area contributed by atoms with Crippen molar-refractivity contribution < 1.29 is 4.79 Å². The van der Waals surface area contributed by atoms with E-state index >= 15 is 0 Å². The third-order valence-corrected chi connectivity index (χ3v) is 3.38. The molecule has 2 N–H and O–H groups in total. The smallest absolute Gasteiger partial charge is 0.220 e. The Bertz CT molecular complexity index is 365. The first-order chi connectivity index (χ1) is 8.67. The zero-order valence-electron chi connectivity index (χ0n) is 11.0. The van der Waals surface area contributed by atoms with Crippen LogP contribution in [0, 0.1) is 0 Å². The average Bonchev–Trinajstić information content (AvgIpc) is 2.37. The fraction of sp³-hybridized carbons (Fsp3) is 0.500. The zero-order chi connectivity index (χ0) is 13.4. The van der Waals surface area contributed by atoms with Gasteiger partial charge in [-0.25, -0.2) is 0 Å². The van der Waals surface area contributed by atoms with Crippen LogP contribution in [0.2, 0.25) is 0 Å². The molecule has 0 aliphatic rings. The van der Waals surface area contributed by atoms with Crippen LogP contribution in [0.3, 0.4) is 0 Å². The predicted molar refractivity (Wildman–Crippen MR) is 78.5 cm³/mol. The monoisotopic (exact) mass is 312 g/mol. The van der Waals surface area contributed by atoms with Crippen molar-refractivity contribution in [1.29, 1.82) is 0 Å². The Hall–Kier alpha value is -0.870. The number of hydrogen-bond donors (Lipinski definition) is 2. The molecule has 0 spiro atoms. The maximum Gasteiger partial charge on any atom is 0.220 e. The molecule has 0 bridgehead atoms. The first-order valence-corrected chi connectivity index (χ1v) is 7.16. The van der Waals surface area contributed by atoms with E-state index in [2.05, 4.69) is 33.5 Å². The third-order valence-electron chi connectivity index (χ3n) is 2.85. The molecule has 0 aliphatic heterocycles. The molecule has 0 saturated heterocycles. The lowest BCUT2D eigenvalue weighted by molar-refractivity contribution is -0.121. The van der Waals surface area contributed by atoms with Crippen molar-refractivity contribution in [2.24, 2.45) is 0 Å². The fourth-order valence-corrected chi connectivity index (χ4v) is 2.07. The highest BCUT2D eigenvalue weighted by Crippen LogP contribution is 2.19. The molecule has 100 valence electrons. The molecule has 0 saturated carbocycles. The van der Waals surface area contributed by atoms with Crippen molar-refractivity contribution in [2.75, 3.05) is 13.6 Å². The van der Waals surface area contributed by atoms with Gasteiger partial charge in [0.2, 0.25) is 5.91 Å². The SMILES string of the molecule is CCC(NC(=O)CCCNC)c1ccc(Br)cc1. The molecule has 1 rings (SSSR count). The largest absolute Gasteiger partial charge is 0.349 e. The molecule has 1 unspecified atom stereocenters. The van der Waals surface area contributed by atoms with E-state index in [1.165, 1.54) is 0 Å². The van der Waals surface area contributed by atoms with Gasteiger partial charge in [-0.3, -0.25) is 4.79 Å². The summed E-state index contributed by atoms with van der Waals surface area (Å²) in [6.07, 6.45) is 2.35. The molecule has 0 fully saturated rings. The lowest BCUT2D eigenvalue weighted by atomic mass is 10.0. The highest BCUT2D eigenvalue weighted by molar-refractivity contribution is 9.10. The second kappa shape index (κ2) is 8.27. The molecule has 1 aromatic rings. The highest BCUT2D eigenvalue weighted by atomic mass is 79.9. The van der Waals surface area contributed by atoms with Crippen LogP contribution >= 0.6 is 15.9 Å². The maximum absolute atomic E-state index is 11.8. The minimum atomic E-state index is 0.111. The van der Waals surface area contributed by atoms with E-state index < -0.39 is 0 Å². The molecule has 1 amide bonds. The second-order valence-electron chi connectivity index (χ2n) is 4.29. The van der Waals surface area contributed by atoms with Crippen molar-refractivity contribution >= 4 is 21.8 Å². The normalized spacial score (nSPS) is 12.2. The number of amides is 1. The Morgan fingerprint density at radius 2 is 2.00 bits per heavy atom. The summed E-state index contributed by atoms with van der Waals surface area (Å²) < 4.78 is 1.06. The number of carbonyl (C=O) groups is 1. The summed E-state index contributed by atoms with van der Waals surface area (Å²) >= 11 is 3.42. The Labute approximate surface area is 117 Å². The van der Waals surface area contributed by atoms with E-state index in [0.29, 0.717) is 6.42 Å². The van der Waals surface area contributed by atoms with E-state index in [-0.39, 0.29) is 11.9 Å². The van der Waals surface area contributed by atoms with Crippen LogP contribution in [0.25, 0.3) is 0 Å². The lowest BCUT2D eigenvalue weighted by Gasteiger charge is -2.17. The number of carbonyl (C=O) groups excluding carboxylic acids is 1. The van der Waals surface area contributed by atoms with Crippen molar-refractivity contribution in [3.8, 4) is 0 Å². The topological polar surface area (TPSA) is 41.1 Å². The summed E-state index contributed by atoms with van der Waals surface area (Å²) in [6, 6.07) is 8.22. The van der Waals surface area contributed by atoms with Crippen LogP contribution in [0.1, 0.15) is 37.8 Å². The molecular formula is C14H21BrN2O. The molecule has 1 atom stereocenters. The van der Waals surface area contributed by atoms with Crippen LogP contribution in [0.15, 0.2) is 28.7 Å². The third kappa shape index (κ3) is 5.19. The minimum Gasteiger partial charge on any atom is -0.349 e. The standard InChI is InChI=1S/C14H21BrN2O/c1-3-13(11-6-8-12(15)9-7-11)17-14(18)5-4-10-16-2/h6-9,13,16H,3-5,10H2,1-2H3,(H,17,18). The average molecular weight is 313 g/mol. The number of hydrogen-bond acceptors (Lipinski definition) is 2. The zero-order valence-corrected chi connectivity index (χ0v) is 12.6. The first kappa shape index (κ1) is 15.2. The van der Waals surface area contributed by atoms with Gasteiger partial charge in [-0.1, -0.05) is 35.0 Å². The molecule has 4 heteroatoms. The highest BCUT2D eigenvalue weighted by Gasteiger charge is 2.11. The van der Waals surface area contributed by atoms with Crippen molar-refractivity contribution in [1.82, 2.24) is 10.6 Å². The second-order valence-corrected chi connectivity index (χ2v) is 5.20. The Morgan fingerprint density at radius 3 is 2.56 bits per heavy atom. The van der Waals surface area contributed by atoms with E-state index in [0.717, 1.165) is 29.4 Å². The van der Waals surface area contributed by atoms with Crippen molar-refractivity contribution in [2.45, 2.75) is 32.2 Å². The van der Waals surface area contributed by atoms with Gasteiger partial charge < -0.3 is 10.6 Å². The first-order valence-electron chi connectivity index (χ1n) is 6.36.